The topological polar surface area (TPSA) is 131 Å². The van der Waals surface area contributed by atoms with Crippen LogP contribution in [0.2, 0.25) is 0 Å². The standard InChI is InChI=1S/C35H47N5O6S/c1-23-19-29-25-9-12-36-30(20-25)45-18-17-44-16-13-37-33(42)31-27(38-21-28(31)39-32(41)26(23)22-47-29)8-6-5-7-24-10-14-40(15-11-24)34(43)46-35(2,3)4/h9,12,19-24,27H,5-8,10-11,13-18H2,1-4H3,(H,37,42)(H,39,41). The summed E-state index contributed by atoms with van der Waals surface area (Å²) < 4.78 is 17.0. The number of thioether (sulfide) groups is 1. The van der Waals surface area contributed by atoms with Gasteiger partial charge in [0.15, 0.2) is 0 Å². The highest BCUT2D eigenvalue weighted by Gasteiger charge is 2.31. The summed E-state index contributed by atoms with van der Waals surface area (Å²) in [5, 5.41) is 7.83. The van der Waals surface area contributed by atoms with Gasteiger partial charge in [0.25, 0.3) is 11.8 Å². The van der Waals surface area contributed by atoms with Gasteiger partial charge in [0, 0.05) is 54.5 Å². The van der Waals surface area contributed by atoms with Crippen molar-refractivity contribution in [3.8, 4) is 5.88 Å². The number of ether oxygens (including phenoxy) is 3. The minimum absolute atomic E-state index is 0.137. The maximum absolute atomic E-state index is 13.5. The number of rotatable bonds is 5. The van der Waals surface area contributed by atoms with Crippen molar-refractivity contribution in [3.63, 3.8) is 0 Å². The third kappa shape index (κ3) is 9.70. The molecule has 1 aromatic rings. The average molecular weight is 666 g/mol. The molecule has 5 aliphatic heterocycles. The molecule has 1 aromatic heterocycles. The molecule has 3 amide bonds. The number of aromatic nitrogens is 1. The maximum Gasteiger partial charge on any atom is 0.410 e. The lowest BCUT2D eigenvalue weighted by atomic mass is 9.90. The fraction of sp³-hybridized carbons (Fsp3) is 0.571. The van der Waals surface area contributed by atoms with Gasteiger partial charge < -0.3 is 29.7 Å². The Morgan fingerprint density at radius 1 is 1.11 bits per heavy atom. The van der Waals surface area contributed by atoms with Crippen LogP contribution in [0.25, 0.3) is 4.91 Å². The number of hydrogen-bond donors (Lipinski definition) is 2. The third-order valence-corrected chi connectivity index (χ3v) is 9.60. The van der Waals surface area contributed by atoms with Crippen LogP contribution < -0.4 is 15.4 Å². The maximum atomic E-state index is 13.5. The van der Waals surface area contributed by atoms with Gasteiger partial charge in [-0.15, -0.1) is 0 Å². The second kappa shape index (κ2) is 16.0. The molecule has 2 atom stereocenters. The molecular weight excluding hydrogens is 618 g/mol. The van der Waals surface area contributed by atoms with E-state index in [0.717, 1.165) is 42.6 Å². The number of pyridine rings is 1. The van der Waals surface area contributed by atoms with E-state index in [1.54, 1.807) is 12.4 Å². The molecular formula is C35H47N5O6S. The smallest absolute Gasteiger partial charge is 0.410 e. The minimum atomic E-state index is -0.490. The molecule has 6 rings (SSSR count). The first-order valence-electron chi connectivity index (χ1n) is 16.7. The summed E-state index contributed by atoms with van der Waals surface area (Å²) in [6.45, 7) is 10.4. The van der Waals surface area contributed by atoms with E-state index in [4.69, 9.17) is 14.2 Å². The summed E-state index contributed by atoms with van der Waals surface area (Å²) >= 11 is 1.48. The van der Waals surface area contributed by atoms with Gasteiger partial charge in [-0.05, 0) is 63.0 Å². The molecule has 4 bridgehead atoms. The van der Waals surface area contributed by atoms with Crippen LogP contribution in [0.1, 0.15) is 71.8 Å². The fourth-order valence-corrected chi connectivity index (χ4v) is 7.19. The van der Waals surface area contributed by atoms with Crippen molar-refractivity contribution in [2.24, 2.45) is 16.8 Å². The number of carbonyl (C=O) groups excluding carboxylic acids is 3. The number of fused-ring (bicyclic) bond motifs is 10. The largest absolute Gasteiger partial charge is 0.475 e. The lowest BCUT2D eigenvalue weighted by molar-refractivity contribution is -0.118. The Labute approximate surface area is 281 Å². The number of nitrogens with one attached hydrogen (secondary N) is 2. The SMILES string of the molecule is CC1C=C2SC=C1C(=O)NC1=C(C(=O)NCCOCCOc3cc2ccn3)C(CCCCC2CCN(C(=O)OC(C)(C)C)CC2)N=C1. The first-order valence-corrected chi connectivity index (χ1v) is 17.6. The van der Waals surface area contributed by atoms with Crippen molar-refractivity contribution in [2.75, 3.05) is 39.5 Å². The molecule has 0 aromatic carbocycles. The van der Waals surface area contributed by atoms with Gasteiger partial charge >= 0.3 is 6.09 Å². The number of likely N-dealkylation sites (tertiary alicyclic amines) is 1. The molecule has 12 heteroatoms. The van der Waals surface area contributed by atoms with Crippen LogP contribution >= 0.6 is 11.8 Å². The Morgan fingerprint density at radius 3 is 2.66 bits per heavy atom. The highest BCUT2D eigenvalue weighted by molar-refractivity contribution is 8.11. The lowest BCUT2D eigenvalue weighted by Crippen LogP contribution is -2.41. The third-order valence-electron chi connectivity index (χ3n) is 8.60. The first kappa shape index (κ1) is 34.7. The van der Waals surface area contributed by atoms with Crippen LogP contribution in [0.4, 0.5) is 4.79 Å². The van der Waals surface area contributed by atoms with E-state index >= 15 is 0 Å². The summed E-state index contributed by atoms with van der Waals surface area (Å²) in [5.41, 5.74) is 2.04. The average Bonchev–Trinajstić information content (AvgIpc) is 3.43. The number of aliphatic imine (C=N–C) groups is 1. The quantitative estimate of drug-likeness (QED) is 0.322. The molecule has 6 heterocycles. The van der Waals surface area contributed by atoms with Crippen LogP contribution in [-0.4, -0.2) is 85.1 Å². The molecule has 0 radical (unpaired) electrons. The fourth-order valence-electron chi connectivity index (χ4n) is 6.07. The van der Waals surface area contributed by atoms with Crippen molar-refractivity contribution in [1.29, 1.82) is 0 Å². The van der Waals surface area contributed by atoms with E-state index in [0.29, 0.717) is 74.5 Å². The Balaban J connectivity index is 1.19. The Hall–Kier alpha value is -3.64. The van der Waals surface area contributed by atoms with E-state index < -0.39 is 5.60 Å². The van der Waals surface area contributed by atoms with Crippen LogP contribution in [0.5, 0.6) is 5.88 Å². The molecule has 47 heavy (non-hydrogen) atoms. The second-order valence-electron chi connectivity index (χ2n) is 13.4. The number of nitrogens with zero attached hydrogens (tertiary/aromatic N) is 3. The molecule has 11 nitrogen and oxygen atoms in total. The number of amides is 3. The van der Waals surface area contributed by atoms with Crippen LogP contribution in [-0.2, 0) is 19.1 Å². The van der Waals surface area contributed by atoms with Gasteiger partial charge in [0.2, 0.25) is 5.88 Å². The minimum Gasteiger partial charge on any atom is -0.475 e. The van der Waals surface area contributed by atoms with Gasteiger partial charge in [0.05, 0.1) is 30.5 Å². The second-order valence-corrected chi connectivity index (χ2v) is 14.3. The Kier molecular flexibility index (Phi) is 11.8. The van der Waals surface area contributed by atoms with Crippen LogP contribution in [0.15, 0.2) is 51.6 Å². The first-order chi connectivity index (χ1) is 22.6. The summed E-state index contributed by atoms with van der Waals surface area (Å²) in [5.74, 6) is 0.431. The monoisotopic (exact) mass is 665 g/mol. The highest BCUT2D eigenvalue weighted by Crippen LogP contribution is 2.38. The molecule has 2 N–H and O–H groups in total. The van der Waals surface area contributed by atoms with Gasteiger partial charge in [0.1, 0.15) is 12.2 Å². The summed E-state index contributed by atoms with van der Waals surface area (Å²) in [4.78, 5) is 51.2. The van der Waals surface area contributed by atoms with Crippen molar-refractivity contribution < 1.29 is 28.6 Å². The van der Waals surface area contributed by atoms with Gasteiger partial charge in [-0.1, -0.05) is 44.0 Å². The molecule has 2 unspecified atom stereocenters. The summed E-state index contributed by atoms with van der Waals surface area (Å²) in [7, 11) is 0. The van der Waals surface area contributed by atoms with Crippen molar-refractivity contribution in [2.45, 2.75) is 77.9 Å². The van der Waals surface area contributed by atoms with Gasteiger partial charge in [-0.2, -0.15) is 0 Å². The number of unbranched alkanes of at least 4 members (excludes halogenated alkanes) is 1. The predicted octanol–water partition coefficient (Wildman–Crippen LogP) is 5.25. The van der Waals surface area contributed by atoms with E-state index in [1.807, 2.05) is 50.1 Å². The molecule has 254 valence electrons. The zero-order chi connectivity index (χ0) is 33.4. The zero-order valence-electron chi connectivity index (χ0n) is 27.9. The van der Waals surface area contributed by atoms with Crippen molar-refractivity contribution in [3.05, 3.63) is 52.2 Å². The Morgan fingerprint density at radius 2 is 1.89 bits per heavy atom. The van der Waals surface area contributed by atoms with Crippen molar-refractivity contribution >= 4 is 40.8 Å². The lowest BCUT2D eigenvalue weighted by Gasteiger charge is -2.33. The number of carbonyl (C=O) groups is 3. The Bertz CT molecular complexity index is 1440. The highest BCUT2D eigenvalue weighted by atomic mass is 32.2. The summed E-state index contributed by atoms with van der Waals surface area (Å²) in [6, 6.07) is 3.48. The normalized spacial score (nSPS) is 23.0. The summed E-state index contributed by atoms with van der Waals surface area (Å²) in [6.07, 6.45) is 10.8. The molecule has 0 aliphatic carbocycles. The molecule has 0 saturated carbocycles. The number of hydrogen-bond acceptors (Lipinski definition) is 9. The molecule has 5 aliphatic rings. The van der Waals surface area contributed by atoms with Gasteiger partial charge in [-0.25, -0.2) is 9.78 Å². The van der Waals surface area contributed by atoms with E-state index in [2.05, 4.69) is 26.7 Å². The van der Waals surface area contributed by atoms with E-state index in [-0.39, 0.29) is 29.9 Å². The molecule has 0 spiro atoms. The predicted molar refractivity (Wildman–Crippen MR) is 183 cm³/mol. The van der Waals surface area contributed by atoms with Crippen LogP contribution in [0.3, 0.4) is 0 Å². The van der Waals surface area contributed by atoms with E-state index in [9.17, 15) is 14.4 Å². The molecule has 1 saturated heterocycles. The van der Waals surface area contributed by atoms with Crippen LogP contribution in [0, 0.1) is 11.8 Å². The zero-order valence-corrected chi connectivity index (χ0v) is 28.7. The number of allylic oxidation sites excluding steroid dienone is 2. The number of piperidine rings is 1. The van der Waals surface area contributed by atoms with Crippen molar-refractivity contribution in [1.82, 2.24) is 20.5 Å². The van der Waals surface area contributed by atoms with E-state index in [1.165, 1.54) is 11.8 Å². The molecule has 1 fully saturated rings. The van der Waals surface area contributed by atoms with Gasteiger partial charge in [-0.3, -0.25) is 14.6 Å².